The SMILES string of the molecule is CNCCC(=O)OCc1cn(C)c2ccccc12. The number of esters is 1. The van der Waals surface area contributed by atoms with Crippen LogP contribution in [0.2, 0.25) is 0 Å². The summed E-state index contributed by atoms with van der Waals surface area (Å²) in [5.74, 6) is -0.169. The second-order valence-electron chi connectivity index (χ2n) is 4.30. The number of nitrogens with one attached hydrogen (secondary N) is 1. The second-order valence-corrected chi connectivity index (χ2v) is 4.30. The molecule has 0 unspecified atom stereocenters. The number of hydrogen-bond donors (Lipinski definition) is 1. The van der Waals surface area contributed by atoms with Crippen molar-refractivity contribution in [3.05, 3.63) is 36.0 Å². The van der Waals surface area contributed by atoms with E-state index in [-0.39, 0.29) is 5.97 Å². The molecule has 0 amide bonds. The summed E-state index contributed by atoms with van der Waals surface area (Å²) in [4.78, 5) is 11.4. The van der Waals surface area contributed by atoms with E-state index in [1.807, 2.05) is 43.1 Å². The number of aryl methyl sites for hydroxylation is 1. The van der Waals surface area contributed by atoms with Crippen LogP contribution in [0.3, 0.4) is 0 Å². The minimum atomic E-state index is -0.169. The Balaban J connectivity index is 2.06. The van der Waals surface area contributed by atoms with Crippen molar-refractivity contribution in [2.45, 2.75) is 13.0 Å². The van der Waals surface area contributed by atoms with Crippen LogP contribution in [0, 0.1) is 0 Å². The Hall–Kier alpha value is -1.81. The van der Waals surface area contributed by atoms with E-state index in [1.54, 1.807) is 0 Å². The Morgan fingerprint density at radius 3 is 2.94 bits per heavy atom. The van der Waals surface area contributed by atoms with Gasteiger partial charge < -0.3 is 14.6 Å². The van der Waals surface area contributed by atoms with Crippen molar-refractivity contribution in [3.8, 4) is 0 Å². The lowest BCUT2D eigenvalue weighted by Crippen LogP contribution is -2.14. The molecule has 4 heteroatoms. The van der Waals surface area contributed by atoms with Crippen LogP contribution in [-0.2, 0) is 23.2 Å². The molecule has 0 fully saturated rings. The van der Waals surface area contributed by atoms with Crippen LogP contribution in [-0.4, -0.2) is 24.1 Å². The third-order valence-corrected chi connectivity index (χ3v) is 2.95. The van der Waals surface area contributed by atoms with Crippen LogP contribution in [0.5, 0.6) is 0 Å². The number of nitrogens with zero attached hydrogens (tertiary/aromatic N) is 1. The summed E-state index contributed by atoms with van der Waals surface area (Å²) >= 11 is 0. The molecule has 0 aliphatic carbocycles. The van der Waals surface area contributed by atoms with Crippen molar-refractivity contribution >= 4 is 16.9 Å². The van der Waals surface area contributed by atoms with E-state index in [4.69, 9.17) is 4.74 Å². The van der Waals surface area contributed by atoms with E-state index in [9.17, 15) is 4.79 Å². The molecule has 0 aliphatic heterocycles. The summed E-state index contributed by atoms with van der Waals surface area (Å²) in [6.45, 7) is 0.984. The van der Waals surface area contributed by atoms with Gasteiger partial charge in [-0.3, -0.25) is 4.79 Å². The van der Waals surface area contributed by atoms with Crippen molar-refractivity contribution in [1.29, 1.82) is 0 Å². The molecular weight excluding hydrogens is 228 g/mol. The lowest BCUT2D eigenvalue weighted by molar-refractivity contribution is -0.144. The molecule has 1 aromatic heterocycles. The standard InChI is InChI=1S/C14H18N2O2/c1-15-8-7-14(17)18-10-11-9-16(2)13-6-4-3-5-12(11)13/h3-6,9,15H,7-8,10H2,1-2H3. The van der Waals surface area contributed by atoms with Crippen molar-refractivity contribution in [2.75, 3.05) is 13.6 Å². The molecule has 0 aliphatic rings. The van der Waals surface area contributed by atoms with Gasteiger partial charge in [-0.25, -0.2) is 0 Å². The molecule has 1 N–H and O–H groups in total. The van der Waals surface area contributed by atoms with E-state index in [0.717, 1.165) is 16.5 Å². The fourth-order valence-corrected chi connectivity index (χ4v) is 2.00. The fourth-order valence-electron chi connectivity index (χ4n) is 2.00. The molecule has 0 bridgehead atoms. The smallest absolute Gasteiger partial charge is 0.307 e. The summed E-state index contributed by atoms with van der Waals surface area (Å²) < 4.78 is 7.31. The van der Waals surface area contributed by atoms with Gasteiger partial charge in [0.25, 0.3) is 0 Å². The summed E-state index contributed by atoms with van der Waals surface area (Å²) in [6, 6.07) is 8.10. The highest BCUT2D eigenvalue weighted by atomic mass is 16.5. The van der Waals surface area contributed by atoms with Crippen molar-refractivity contribution in [3.63, 3.8) is 0 Å². The van der Waals surface area contributed by atoms with Crippen LogP contribution in [0.1, 0.15) is 12.0 Å². The highest BCUT2D eigenvalue weighted by Crippen LogP contribution is 2.20. The van der Waals surface area contributed by atoms with Gasteiger partial charge in [-0.1, -0.05) is 18.2 Å². The summed E-state index contributed by atoms with van der Waals surface area (Å²) in [5.41, 5.74) is 2.20. The average Bonchev–Trinajstić information content (AvgIpc) is 2.71. The molecular formula is C14H18N2O2. The van der Waals surface area contributed by atoms with Gasteiger partial charge >= 0.3 is 5.97 Å². The number of carbonyl (C=O) groups excluding carboxylic acids is 1. The Bertz CT molecular complexity index is 546. The number of fused-ring (bicyclic) bond motifs is 1. The normalized spacial score (nSPS) is 10.8. The van der Waals surface area contributed by atoms with Crippen LogP contribution in [0.25, 0.3) is 10.9 Å². The number of hydrogen-bond acceptors (Lipinski definition) is 3. The molecule has 4 nitrogen and oxygen atoms in total. The topological polar surface area (TPSA) is 43.3 Å². The molecule has 96 valence electrons. The highest BCUT2D eigenvalue weighted by molar-refractivity contribution is 5.84. The molecule has 0 atom stereocenters. The van der Waals surface area contributed by atoms with E-state index in [0.29, 0.717) is 19.6 Å². The lowest BCUT2D eigenvalue weighted by Gasteiger charge is -2.03. The summed E-state index contributed by atoms with van der Waals surface area (Å²) in [5, 5.41) is 4.07. The third-order valence-electron chi connectivity index (χ3n) is 2.95. The first-order valence-corrected chi connectivity index (χ1v) is 6.05. The lowest BCUT2D eigenvalue weighted by atomic mass is 10.2. The van der Waals surface area contributed by atoms with Gasteiger partial charge in [0.05, 0.1) is 6.42 Å². The van der Waals surface area contributed by atoms with Crippen LogP contribution in [0.4, 0.5) is 0 Å². The quantitative estimate of drug-likeness (QED) is 0.818. The number of carbonyl (C=O) groups is 1. The maximum Gasteiger partial charge on any atom is 0.307 e. The van der Waals surface area contributed by atoms with Crippen molar-refractivity contribution in [2.24, 2.45) is 7.05 Å². The number of ether oxygens (including phenoxy) is 1. The van der Waals surface area contributed by atoms with E-state index in [1.165, 1.54) is 0 Å². The zero-order valence-electron chi connectivity index (χ0n) is 10.8. The molecule has 1 heterocycles. The predicted molar refractivity (Wildman–Crippen MR) is 71.3 cm³/mol. The fraction of sp³-hybridized carbons (Fsp3) is 0.357. The minimum Gasteiger partial charge on any atom is -0.461 e. The second kappa shape index (κ2) is 5.69. The van der Waals surface area contributed by atoms with E-state index in [2.05, 4.69) is 11.4 Å². The average molecular weight is 246 g/mol. The van der Waals surface area contributed by atoms with Gasteiger partial charge in [0, 0.05) is 36.3 Å². The highest BCUT2D eigenvalue weighted by Gasteiger charge is 2.08. The first-order valence-electron chi connectivity index (χ1n) is 6.05. The van der Waals surface area contributed by atoms with Crippen LogP contribution < -0.4 is 5.32 Å². The first kappa shape index (κ1) is 12.6. The minimum absolute atomic E-state index is 0.169. The molecule has 0 saturated carbocycles. The number of rotatable bonds is 5. The zero-order valence-corrected chi connectivity index (χ0v) is 10.8. The molecule has 2 rings (SSSR count). The molecule has 18 heavy (non-hydrogen) atoms. The molecule has 2 aromatic rings. The van der Waals surface area contributed by atoms with Gasteiger partial charge in [0.1, 0.15) is 6.61 Å². The van der Waals surface area contributed by atoms with E-state index >= 15 is 0 Å². The number of aromatic nitrogens is 1. The Morgan fingerprint density at radius 1 is 1.39 bits per heavy atom. The number of para-hydroxylation sites is 1. The van der Waals surface area contributed by atoms with Crippen LogP contribution in [0.15, 0.2) is 30.5 Å². The van der Waals surface area contributed by atoms with Gasteiger partial charge in [0.2, 0.25) is 0 Å². The van der Waals surface area contributed by atoms with E-state index < -0.39 is 0 Å². The Kier molecular flexibility index (Phi) is 3.99. The maximum absolute atomic E-state index is 11.4. The van der Waals surface area contributed by atoms with Crippen LogP contribution >= 0.6 is 0 Å². The Labute approximate surface area is 107 Å². The van der Waals surface area contributed by atoms with Crippen molar-refractivity contribution < 1.29 is 9.53 Å². The monoisotopic (exact) mass is 246 g/mol. The maximum atomic E-state index is 11.4. The Morgan fingerprint density at radius 2 is 2.17 bits per heavy atom. The molecule has 1 aromatic carbocycles. The van der Waals surface area contributed by atoms with Gasteiger partial charge in [-0.2, -0.15) is 0 Å². The number of benzene rings is 1. The predicted octanol–water partition coefficient (Wildman–Crippen LogP) is 1.83. The molecule has 0 radical (unpaired) electrons. The molecule has 0 spiro atoms. The summed E-state index contributed by atoms with van der Waals surface area (Å²) in [6.07, 6.45) is 2.41. The van der Waals surface area contributed by atoms with Gasteiger partial charge in [0.15, 0.2) is 0 Å². The molecule has 0 saturated heterocycles. The largest absolute Gasteiger partial charge is 0.461 e. The first-order chi connectivity index (χ1) is 8.72. The summed E-state index contributed by atoms with van der Waals surface area (Å²) in [7, 11) is 3.81. The van der Waals surface area contributed by atoms with Crippen molar-refractivity contribution in [1.82, 2.24) is 9.88 Å². The van der Waals surface area contributed by atoms with Gasteiger partial charge in [-0.15, -0.1) is 0 Å². The third kappa shape index (κ3) is 2.71. The zero-order chi connectivity index (χ0) is 13.0. The van der Waals surface area contributed by atoms with Gasteiger partial charge in [-0.05, 0) is 13.1 Å².